The topological polar surface area (TPSA) is 43.4 Å². The summed E-state index contributed by atoms with van der Waals surface area (Å²) in [5.41, 5.74) is 1.39. The van der Waals surface area contributed by atoms with Gasteiger partial charge < -0.3 is 4.74 Å². The van der Waals surface area contributed by atoms with Gasteiger partial charge in [0, 0.05) is 18.8 Å². The van der Waals surface area contributed by atoms with Gasteiger partial charge in [0.1, 0.15) is 6.10 Å². The van der Waals surface area contributed by atoms with Crippen LogP contribution in [0.25, 0.3) is 0 Å². The zero-order valence-electron chi connectivity index (χ0n) is 14.1. The molecule has 0 spiro atoms. The van der Waals surface area contributed by atoms with Gasteiger partial charge in [-0.15, -0.1) is 0 Å². The lowest BCUT2D eigenvalue weighted by atomic mass is 9.54. The predicted molar refractivity (Wildman–Crippen MR) is 87.6 cm³/mol. The largest absolute Gasteiger partial charge is 0.462 e. The van der Waals surface area contributed by atoms with Crippen LogP contribution in [0.5, 0.6) is 0 Å². The van der Waals surface area contributed by atoms with E-state index in [0.29, 0.717) is 30.1 Å². The predicted octanol–water partition coefficient (Wildman–Crippen LogP) is 3.84. The lowest BCUT2D eigenvalue weighted by Gasteiger charge is -2.51. The third-order valence-electron chi connectivity index (χ3n) is 7.09. The molecule has 124 valence electrons. The van der Waals surface area contributed by atoms with Crippen molar-refractivity contribution in [3.05, 3.63) is 23.8 Å². The number of ether oxygens (including phenoxy) is 1. The standard InChI is InChI=1S/C20H26O3/c1-12(21)23-19-8-7-18-17-5-3-13-11-14(22)4-6-15(13)16(17)9-10-20(18,19)2/h3,5,11,15-19H,4,6-10H2,1-2H3/t15?,16-,17-,18+,19+,20?/m1/s1. The highest BCUT2D eigenvalue weighted by Crippen LogP contribution is 2.60. The van der Waals surface area contributed by atoms with Gasteiger partial charge >= 0.3 is 5.97 Å². The van der Waals surface area contributed by atoms with E-state index in [1.807, 2.05) is 6.08 Å². The number of fused-ring (bicyclic) bond motifs is 5. The van der Waals surface area contributed by atoms with Crippen molar-refractivity contribution in [3.63, 3.8) is 0 Å². The van der Waals surface area contributed by atoms with Gasteiger partial charge in [-0.1, -0.05) is 19.1 Å². The van der Waals surface area contributed by atoms with Gasteiger partial charge in [-0.3, -0.25) is 9.59 Å². The van der Waals surface area contributed by atoms with Crippen molar-refractivity contribution in [2.75, 3.05) is 0 Å². The molecule has 0 amide bonds. The average Bonchev–Trinajstić information content (AvgIpc) is 2.83. The van der Waals surface area contributed by atoms with Crippen molar-refractivity contribution < 1.29 is 14.3 Å². The van der Waals surface area contributed by atoms with Crippen molar-refractivity contribution in [2.24, 2.45) is 29.1 Å². The summed E-state index contributed by atoms with van der Waals surface area (Å²) in [5, 5.41) is 0. The fourth-order valence-corrected chi connectivity index (χ4v) is 6.00. The van der Waals surface area contributed by atoms with Crippen LogP contribution in [0.3, 0.4) is 0 Å². The number of allylic oxidation sites excluding steroid dienone is 4. The Labute approximate surface area is 138 Å². The molecule has 2 fully saturated rings. The van der Waals surface area contributed by atoms with Gasteiger partial charge in [0.2, 0.25) is 0 Å². The van der Waals surface area contributed by atoms with Crippen molar-refractivity contribution in [2.45, 2.75) is 58.5 Å². The molecule has 0 bridgehead atoms. The molecule has 6 atom stereocenters. The zero-order chi connectivity index (χ0) is 16.2. The summed E-state index contributed by atoms with van der Waals surface area (Å²) in [6.45, 7) is 3.86. The van der Waals surface area contributed by atoms with Crippen LogP contribution in [0, 0.1) is 29.1 Å². The van der Waals surface area contributed by atoms with E-state index in [1.54, 1.807) is 0 Å². The molecule has 23 heavy (non-hydrogen) atoms. The first-order valence-corrected chi connectivity index (χ1v) is 9.09. The highest BCUT2D eigenvalue weighted by molar-refractivity contribution is 5.91. The highest BCUT2D eigenvalue weighted by atomic mass is 16.5. The molecule has 3 nitrogen and oxygen atoms in total. The molecule has 2 unspecified atom stereocenters. The van der Waals surface area contributed by atoms with E-state index >= 15 is 0 Å². The van der Waals surface area contributed by atoms with E-state index in [-0.39, 0.29) is 23.3 Å². The number of hydrogen-bond donors (Lipinski definition) is 0. The zero-order valence-corrected chi connectivity index (χ0v) is 14.1. The monoisotopic (exact) mass is 314 g/mol. The Morgan fingerprint density at radius 2 is 2.09 bits per heavy atom. The summed E-state index contributed by atoms with van der Waals surface area (Å²) >= 11 is 0. The molecule has 0 radical (unpaired) electrons. The van der Waals surface area contributed by atoms with Gasteiger partial charge in [0.05, 0.1) is 0 Å². The van der Waals surface area contributed by atoms with Crippen LogP contribution in [0.4, 0.5) is 0 Å². The number of carbonyl (C=O) groups is 2. The summed E-state index contributed by atoms with van der Waals surface area (Å²) in [4.78, 5) is 23.1. The molecule has 0 aliphatic heterocycles. The summed E-state index contributed by atoms with van der Waals surface area (Å²) in [7, 11) is 0. The van der Waals surface area contributed by atoms with Crippen LogP contribution in [-0.2, 0) is 14.3 Å². The minimum atomic E-state index is -0.144. The smallest absolute Gasteiger partial charge is 0.302 e. The molecule has 0 aromatic carbocycles. The van der Waals surface area contributed by atoms with E-state index in [1.165, 1.54) is 18.9 Å². The van der Waals surface area contributed by atoms with E-state index < -0.39 is 0 Å². The van der Waals surface area contributed by atoms with Crippen LogP contribution in [-0.4, -0.2) is 17.9 Å². The Morgan fingerprint density at radius 3 is 2.87 bits per heavy atom. The first-order chi connectivity index (χ1) is 11.0. The quantitative estimate of drug-likeness (QED) is 0.691. The van der Waals surface area contributed by atoms with E-state index in [0.717, 1.165) is 25.7 Å². The summed E-state index contributed by atoms with van der Waals surface area (Å²) in [6, 6.07) is 0. The summed E-state index contributed by atoms with van der Waals surface area (Å²) in [5.74, 6) is 2.59. The van der Waals surface area contributed by atoms with E-state index in [4.69, 9.17) is 4.74 Å². The van der Waals surface area contributed by atoms with Crippen molar-refractivity contribution >= 4 is 11.8 Å². The number of carbonyl (C=O) groups excluding carboxylic acids is 2. The van der Waals surface area contributed by atoms with Gasteiger partial charge in [-0.25, -0.2) is 0 Å². The Balaban J connectivity index is 1.62. The summed E-state index contributed by atoms with van der Waals surface area (Å²) < 4.78 is 5.67. The number of hydrogen-bond acceptors (Lipinski definition) is 3. The van der Waals surface area contributed by atoms with Crippen LogP contribution in [0.15, 0.2) is 23.8 Å². The fourth-order valence-electron chi connectivity index (χ4n) is 6.00. The molecule has 4 aliphatic rings. The lowest BCUT2D eigenvalue weighted by molar-refractivity contribution is -0.155. The van der Waals surface area contributed by atoms with Crippen molar-refractivity contribution in [1.29, 1.82) is 0 Å². The van der Waals surface area contributed by atoms with Gasteiger partial charge in [-0.2, -0.15) is 0 Å². The molecule has 0 aromatic heterocycles. The Hall–Kier alpha value is -1.38. The minimum absolute atomic E-state index is 0.0872. The molecule has 0 N–H and O–H groups in total. The molecule has 0 heterocycles. The molecule has 0 saturated heterocycles. The molecule has 3 heteroatoms. The second-order valence-electron chi connectivity index (χ2n) is 8.18. The van der Waals surface area contributed by atoms with Crippen molar-refractivity contribution in [3.8, 4) is 0 Å². The van der Waals surface area contributed by atoms with Crippen LogP contribution in [0.2, 0.25) is 0 Å². The highest BCUT2D eigenvalue weighted by Gasteiger charge is 2.56. The van der Waals surface area contributed by atoms with Gasteiger partial charge in [0.25, 0.3) is 0 Å². The maximum absolute atomic E-state index is 11.7. The normalized spacial score (nSPS) is 44.9. The number of esters is 1. The van der Waals surface area contributed by atoms with Gasteiger partial charge in [-0.05, 0) is 67.4 Å². The molecule has 2 saturated carbocycles. The van der Waals surface area contributed by atoms with Crippen molar-refractivity contribution in [1.82, 2.24) is 0 Å². The first kappa shape index (κ1) is 15.2. The first-order valence-electron chi connectivity index (χ1n) is 9.09. The average molecular weight is 314 g/mol. The van der Waals surface area contributed by atoms with E-state index in [2.05, 4.69) is 19.1 Å². The maximum atomic E-state index is 11.7. The fraction of sp³-hybridized carbons (Fsp3) is 0.700. The third-order valence-corrected chi connectivity index (χ3v) is 7.09. The number of rotatable bonds is 1. The molecular formula is C20H26O3. The maximum Gasteiger partial charge on any atom is 0.302 e. The Morgan fingerprint density at radius 1 is 1.26 bits per heavy atom. The SMILES string of the molecule is CC(=O)O[C@H]1CC[C@H]2[C@@H]3C=CC4=CC(=O)CCC4[C@H]3CCC12C. The Bertz CT molecular complexity index is 602. The Kier molecular flexibility index (Phi) is 3.51. The third kappa shape index (κ3) is 2.31. The van der Waals surface area contributed by atoms with Crippen LogP contribution < -0.4 is 0 Å². The van der Waals surface area contributed by atoms with Crippen LogP contribution >= 0.6 is 0 Å². The molecule has 4 aliphatic carbocycles. The minimum Gasteiger partial charge on any atom is -0.462 e. The number of ketones is 1. The van der Waals surface area contributed by atoms with Crippen LogP contribution in [0.1, 0.15) is 52.4 Å². The van der Waals surface area contributed by atoms with Gasteiger partial charge in [0.15, 0.2) is 5.78 Å². The van der Waals surface area contributed by atoms with E-state index in [9.17, 15) is 9.59 Å². The molecule has 0 aromatic rings. The molecule has 4 rings (SSSR count). The second-order valence-corrected chi connectivity index (χ2v) is 8.18. The second kappa shape index (κ2) is 5.32. The summed E-state index contributed by atoms with van der Waals surface area (Å²) in [6.07, 6.45) is 12.8. The molecular weight excluding hydrogens is 288 g/mol. The lowest BCUT2D eigenvalue weighted by Crippen LogP contribution is -2.47.